The summed E-state index contributed by atoms with van der Waals surface area (Å²) in [6.07, 6.45) is 0. The molecule has 1 aliphatic heterocycles. The summed E-state index contributed by atoms with van der Waals surface area (Å²) in [7, 11) is 0. The Morgan fingerprint density at radius 3 is 2.52 bits per heavy atom. The molecule has 0 atom stereocenters. The van der Waals surface area contributed by atoms with Gasteiger partial charge in [-0.25, -0.2) is 4.39 Å². The maximum Gasteiger partial charge on any atom is 0.257 e. The third-order valence-electron chi connectivity index (χ3n) is 5.53. The molecule has 158 valence electrons. The highest BCUT2D eigenvalue weighted by Gasteiger charge is 2.26. The maximum atomic E-state index is 14.3. The first kappa shape index (κ1) is 19.2. The summed E-state index contributed by atoms with van der Waals surface area (Å²) in [5, 5.41) is 12.9. The van der Waals surface area contributed by atoms with Gasteiger partial charge in [-0.05, 0) is 44.2 Å². The molecule has 9 heteroatoms. The third-order valence-corrected chi connectivity index (χ3v) is 5.53. The Balaban J connectivity index is 1.36. The van der Waals surface area contributed by atoms with E-state index in [-0.39, 0.29) is 11.7 Å². The van der Waals surface area contributed by atoms with E-state index in [0.29, 0.717) is 54.5 Å². The molecule has 1 aromatic carbocycles. The lowest BCUT2D eigenvalue weighted by Crippen LogP contribution is -2.49. The molecule has 0 aliphatic carbocycles. The number of piperazine rings is 1. The SMILES string of the molecule is Cc1cc(C(=O)N2CCN(c3ccc4nnc(-c5ccccc5F)n4n3)CC2)c(C)o1. The predicted octanol–water partition coefficient (Wildman–Crippen LogP) is 3.10. The second-order valence-electron chi connectivity index (χ2n) is 7.57. The fourth-order valence-corrected chi connectivity index (χ4v) is 3.91. The van der Waals surface area contributed by atoms with Crippen LogP contribution in [0.5, 0.6) is 0 Å². The number of benzene rings is 1. The Labute approximate surface area is 177 Å². The van der Waals surface area contributed by atoms with Crippen molar-refractivity contribution in [2.24, 2.45) is 0 Å². The number of fused-ring (bicyclic) bond motifs is 1. The number of hydrogen-bond acceptors (Lipinski definition) is 6. The zero-order valence-corrected chi connectivity index (χ0v) is 17.2. The van der Waals surface area contributed by atoms with Gasteiger partial charge in [-0.15, -0.1) is 15.3 Å². The minimum Gasteiger partial charge on any atom is -0.466 e. The number of aromatic nitrogens is 4. The van der Waals surface area contributed by atoms with E-state index < -0.39 is 0 Å². The Bertz CT molecular complexity index is 1270. The molecule has 0 saturated carbocycles. The van der Waals surface area contributed by atoms with Crippen molar-refractivity contribution in [3.8, 4) is 11.4 Å². The summed E-state index contributed by atoms with van der Waals surface area (Å²) in [4.78, 5) is 16.8. The van der Waals surface area contributed by atoms with E-state index in [1.165, 1.54) is 6.07 Å². The minimum absolute atomic E-state index is 0.0157. The smallest absolute Gasteiger partial charge is 0.257 e. The van der Waals surface area contributed by atoms with Crippen LogP contribution in [0.25, 0.3) is 17.0 Å². The number of nitrogens with zero attached hydrogens (tertiary/aromatic N) is 6. The molecular weight excluding hydrogens is 399 g/mol. The highest BCUT2D eigenvalue weighted by atomic mass is 19.1. The number of carbonyl (C=O) groups is 1. The van der Waals surface area contributed by atoms with Gasteiger partial charge in [0.25, 0.3) is 5.91 Å². The van der Waals surface area contributed by atoms with Crippen LogP contribution in [-0.2, 0) is 0 Å². The summed E-state index contributed by atoms with van der Waals surface area (Å²) < 4.78 is 21.3. The van der Waals surface area contributed by atoms with E-state index >= 15 is 0 Å². The van der Waals surface area contributed by atoms with E-state index in [9.17, 15) is 9.18 Å². The van der Waals surface area contributed by atoms with Crippen LogP contribution in [-0.4, -0.2) is 56.8 Å². The lowest BCUT2D eigenvalue weighted by atomic mass is 10.2. The average molecular weight is 420 g/mol. The van der Waals surface area contributed by atoms with E-state index in [1.54, 1.807) is 28.8 Å². The molecule has 1 saturated heterocycles. The Morgan fingerprint density at radius 2 is 1.81 bits per heavy atom. The number of carbonyl (C=O) groups excluding carboxylic acids is 1. The third kappa shape index (κ3) is 3.41. The van der Waals surface area contributed by atoms with E-state index in [0.717, 1.165) is 11.6 Å². The standard InChI is InChI=1S/C22H21FN6O2/c1-14-13-17(15(2)31-14)22(30)28-11-9-27(10-12-28)20-8-7-19-24-25-21(29(19)26-20)16-5-3-4-6-18(16)23/h3-8,13H,9-12H2,1-2H3. The number of amides is 1. The number of rotatable bonds is 3. The fraction of sp³-hybridized carbons (Fsp3) is 0.273. The van der Waals surface area contributed by atoms with Crippen LogP contribution in [0.4, 0.5) is 10.2 Å². The normalized spacial score (nSPS) is 14.4. The van der Waals surface area contributed by atoms with Crippen molar-refractivity contribution in [1.29, 1.82) is 0 Å². The van der Waals surface area contributed by atoms with Crippen LogP contribution in [0, 0.1) is 19.7 Å². The quantitative estimate of drug-likeness (QED) is 0.507. The van der Waals surface area contributed by atoms with E-state index in [4.69, 9.17) is 4.42 Å². The molecule has 1 fully saturated rings. The van der Waals surface area contributed by atoms with Crippen LogP contribution in [0.2, 0.25) is 0 Å². The largest absolute Gasteiger partial charge is 0.466 e. The lowest BCUT2D eigenvalue weighted by Gasteiger charge is -2.35. The fourth-order valence-electron chi connectivity index (χ4n) is 3.91. The zero-order chi connectivity index (χ0) is 21.5. The van der Waals surface area contributed by atoms with Gasteiger partial charge >= 0.3 is 0 Å². The number of furan rings is 1. The summed E-state index contributed by atoms with van der Waals surface area (Å²) in [6.45, 7) is 6.07. The Morgan fingerprint density at radius 1 is 1.03 bits per heavy atom. The molecule has 1 amide bonds. The summed E-state index contributed by atoms with van der Waals surface area (Å²) in [5.74, 6) is 2.07. The molecule has 31 heavy (non-hydrogen) atoms. The highest BCUT2D eigenvalue weighted by Crippen LogP contribution is 2.23. The van der Waals surface area contributed by atoms with Crippen molar-refractivity contribution in [3.05, 3.63) is 65.4 Å². The Kier molecular flexibility index (Phi) is 4.65. The Hall–Kier alpha value is -3.75. The number of aryl methyl sites for hydroxylation is 2. The molecule has 8 nitrogen and oxygen atoms in total. The molecule has 0 unspecified atom stereocenters. The van der Waals surface area contributed by atoms with Gasteiger partial charge in [-0.2, -0.15) is 4.52 Å². The lowest BCUT2D eigenvalue weighted by molar-refractivity contribution is 0.0744. The molecule has 0 radical (unpaired) electrons. The summed E-state index contributed by atoms with van der Waals surface area (Å²) in [6, 6.07) is 11.9. The molecule has 0 bridgehead atoms. The van der Waals surface area contributed by atoms with Crippen molar-refractivity contribution in [2.45, 2.75) is 13.8 Å². The second kappa shape index (κ2) is 7.50. The van der Waals surface area contributed by atoms with Crippen molar-refractivity contribution in [1.82, 2.24) is 24.7 Å². The predicted molar refractivity (Wildman–Crippen MR) is 112 cm³/mol. The molecule has 0 N–H and O–H groups in total. The van der Waals surface area contributed by atoms with Crippen molar-refractivity contribution < 1.29 is 13.6 Å². The van der Waals surface area contributed by atoms with Crippen molar-refractivity contribution >= 4 is 17.4 Å². The van der Waals surface area contributed by atoms with Crippen LogP contribution < -0.4 is 4.90 Å². The van der Waals surface area contributed by atoms with Gasteiger partial charge in [0, 0.05) is 26.2 Å². The monoisotopic (exact) mass is 420 g/mol. The molecule has 5 rings (SSSR count). The first-order valence-electron chi connectivity index (χ1n) is 10.1. The minimum atomic E-state index is -0.374. The summed E-state index contributed by atoms with van der Waals surface area (Å²) >= 11 is 0. The van der Waals surface area contributed by atoms with Gasteiger partial charge in [0.2, 0.25) is 0 Å². The van der Waals surface area contributed by atoms with Gasteiger partial charge in [-0.1, -0.05) is 12.1 Å². The van der Waals surface area contributed by atoms with Gasteiger partial charge in [0.1, 0.15) is 23.2 Å². The van der Waals surface area contributed by atoms with E-state index in [2.05, 4.69) is 20.2 Å². The van der Waals surface area contributed by atoms with Gasteiger partial charge in [-0.3, -0.25) is 4.79 Å². The number of halogens is 1. The molecule has 1 aliphatic rings. The van der Waals surface area contributed by atoms with Crippen molar-refractivity contribution in [3.63, 3.8) is 0 Å². The van der Waals surface area contributed by atoms with Gasteiger partial charge in [0.05, 0.1) is 11.1 Å². The van der Waals surface area contributed by atoms with Gasteiger partial charge in [0.15, 0.2) is 11.5 Å². The first-order chi connectivity index (χ1) is 15.0. The summed E-state index contributed by atoms with van der Waals surface area (Å²) in [5.41, 5.74) is 1.51. The second-order valence-corrected chi connectivity index (χ2v) is 7.57. The zero-order valence-electron chi connectivity index (χ0n) is 17.2. The van der Waals surface area contributed by atoms with Crippen LogP contribution in [0.15, 0.2) is 46.9 Å². The van der Waals surface area contributed by atoms with Crippen LogP contribution in [0.3, 0.4) is 0 Å². The average Bonchev–Trinajstić information content (AvgIpc) is 3.35. The molecule has 4 heterocycles. The topological polar surface area (TPSA) is 79.8 Å². The molecule has 0 spiro atoms. The maximum absolute atomic E-state index is 14.3. The van der Waals surface area contributed by atoms with E-state index in [1.807, 2.05) is 30.9 Å². The van der Waals surface area contributed by atoms with Crippen LogP contribution in [0.1, 0.15) is 21.9 Å². The van der Waals surface area contributed by atoms with Gasteiger partial charge < -0.3 is 14.2 Å². The molecular formula is C22H21FN6O2. The van der Waals surface area contributed by atoms with Crippen LogP contribution >= 0.6 is 0 Å². The highest BCUT2D eigenvalue weighted by molar-refractivity contribution is 5.95. The first-order valence-corrected chi connectivity index (χ1v) is 10.1. The van der Waals surface area contributed by atoms with Crippen molar-refractivity contribution in [2.75, 3.05) is 31.1 Å². The number of anilines is 1. The molecule has 4 aromatic rings. The number of hydrogen-bond donors (Lipinski definition) is 0. The molecule has 3 aromatic heterocycles.